The van der Waals surface area contributed by atoms with E-state index in [1.807, 2.05) is 117 Å². The first-order valence-electron chi connectivity index (χ1n) is 11.8. The van der Waals surface area contributed by atoms with Gasteiger partial charge in [0.25, 0.3) is 11.8 Å². The highest BCUT2D eigenvalue weighted by Crippen LogP contribution is 2.20. The van der Waals surface area contributed by atoms with E-state index < -0.39 is 0 Å². The van der Waals surface area contributed by atoms with E-state index in [4.69, 9.17) is 0 Å². The zero-order valence-electron chi connectivity index (χ0n) is 20.4. The van der Waals surface area contributed by atoms with E-state index in [-0.39, 0.29) is 11.8 Å². The average molecular weight is 479 g/mol. The second-order valence-electron chi connectivity index (χ2n) is 7.62. The van der Waals surface area contributed by atoms with Gasteiger partial charge in [0.05, 0.1) is 16.8 Å². The number of hydrogen-bond donors (Lipinski definition) is 3. The molecule has 0 aromatic heterocycles. The highest BCUT2D eigenvalue weighted by atomic mass is 16.2. The van der Waals surface area contributed by atoms with Crippen molar-refractivity contribution in [2.45, 2.75) is 13.8 Å². The second-order valence-corrected chi connectivity index (χ2v) is 7.62. The zero-order chi connectivity index (χ0) is 25.6. The lowest BCUT2D eigenvalue weighted by Crippen LogP contribution is -2.14. The van der Waals surface area contributed by atoms with Gasteiger partial charge >= 0.3 is 0 Å². The molecular weight excluding hydrogens is 448 g/mol. The molecule has 4 aromatic carbocycles. The molecule has 182 valence electrons. The summed E-state index contributed by atoms with van der Waals surface area (Å²) in [6.45, 7) is 4.62. The molecule has 6 nitrogen and oxygen atoms in total. The molecule has 0 bridgehead atoms. The van der Waals surface area contributed by atoms with Gasteiger partial charge in [-0.3, -0.25) is 14.6 Å². The molecule has 2 amide bonds. The van der Waals surface area contributed by atoms with Crippen LogP contribution in [0.3, 0.4) is 0 Å². The van der Waals surface area contributed by atoms with Crippen LogP contribution in [0.4, 0.5) is 22.7 Å². The summed E-state index contributed by atoms with van der Waals surface area (Å²) in [7, 11) is 0. The van der Waals surface area contributed by atoms with Crippen LogP contribution in [0.25, 0.3) is 0 Å². The zero-order valence-corrected chi connectivity index (χ0v) is 20.4. The lowest BCUT2D eigenvalue weighted by atomic mass is 10.1. The van der Waals surface area contributed by atoms with Crippen LogP contribution in [-0.4, -0.2) is 24.6 Å². The summed E-state index contributed by atoms with van der Waals surface area (Å²) in [5.41, 5.74) is 4.33. The third kappa shape index (κ3) is 7.67. The molecule has 0 fully saturated rings. The monoisotopic (exact) mass is 478 g/mol. The predicted molar refractivity (Wildman–Crippen MR) is 150 cm³/mol. The summed E-state index contributed by atoms with van der Waals surface area (Å²) in [5, 5.41) is 8.90. The molecular formula is C30H30N4O2. The molecule has 0 spiro atoms. The van der Waals surface area contributed by atoms with Crippen molar-refractivity contribution >= 4 is 40.8 Å². The number of benzene rings is 4. The van der Waals surface area contributed by atoms with Gasteiger partial charge < -0.3 is 16.0 Å². The summed E-state index contributed by atoms with van der Waals surface area (Å²) < 4.78 is 0. The average Bonchev–Trinajstić information content (AvgIpc) is 2.91. The molecule has 0 unspecified atom stereocenters. The Morgan fingerprint density at radius 2 is 1.14 bits per heavy atom. The van der Waals surface area contributed by atoms with Gasteiger partial charge in [0.1, 0.15) is 0 Å². The van der Waals surface area contributed by atoms with E-state index in [1.54, 1.807) is 12.3 Å². The fourth-order valence-corrected chi connectivity index (χ4v) is 3.38. The summed E-state index contributed by atoms with van der Waals surface area (Å²) in [6, 6.07) is 33.6. The van der Waals surface area contributed by atoms with E-state index >= 15 is 0 Å². The van der Waals surface area contributed by atoms with Gasteiger partial charge in [-0.15, -0.1) is 0 Å². The SMILES string of the molecule is CC=Nc1ccccc1C(=O)Nc1ccccc1.CCNc1ccccc1C(=O)Nc1ccccc1. The van der Waals surface area contributed by atoms with E-state index in [9.17, 15) is 9.59 Å². The van der Waals surface area contributed by atoms with Crippen LogP contribution >= 0.6 is 0 Å². The number of rotatable bonds is 7. The van der Waals surface area contributed by atoms with Crippen LogP contribution in [0, 0.1) is 0 Å². The number of nitrogens with zero attached hydrogens (tertiary/aromatic N) is 1. The lowest BCUT2D eigenvalue weighted by molar-refractivity contribution is 0.101. The summed E-state index contributed by atoms with van der Waals surface area (Å²) in [5.74, 6) is -0.250. The molecule has 0 atom stereocenters. The predicted octanol–water partition coefficient (Wildman–Crippen LogP) is 7.03. The maximum absolute atomic E-state index is 12.2. The first-order chi connectivity index (χ1) is 17.6. The number of nitrogens with one attached hydrogen (secondary N) is 3. The quantitative estimate of drug-likeness (QED) is 0.249. The van der Waals surface area contributed by atoms with E-state index in [0.717, 1.165) is 23.6 Å². The number of carbonyl (C=O) groups is 2. The third-order valence-electron chi connectivity index (χ3n) is 5.02. The standard InChI is InChI=1S/C15H16N2O.C15H14N2O/c2*1-2-16-14-11-7-6-10-13(14)15(18)17-12-8-4-3-5-9-12/h3-11,16H,2H2,1H3,(H,17,18);2-11H,1H3,(H,17,18). The van der Waals surface area contributed by atoms with Crippen LogP contribution in [0.15, 0.2) is 114 Å². The Kier molecular flexibility index (Phi) is 9.98. The Labute approximate surface area is 212 Å². The van der Waals surface area contributed by atoms with Crippen molar-refractivity contribution in [1.29, 1.82) is 0 Å². The van der Waals surface area contributed by atoms with Crippen molar-refractivity contribution in [2.24, 2.45) is 4.99 Å². The van der Waals surface area contributed by atoms with Crippen LogP contribution in [0.1, 0.15) is 34.6 Å². The maximum Gasteiger partial charge on any atom is 0.257 e. The number of para-hydroxylation sites is 4. The topological polar surface area (TPSA) is 82.6 Å². The van der Waals surface area contributed by atoms with Crippen LogP contribution in [-0.2, 0) is 0 Å². The van der Waals surface area contributed by atoms with Crippen LogP contribution < -0.4 is 16.0 Å². The molecule has 0 saturated carbocycles. The van der Waals surface area contributed by atoms with Gasteiger partial charge in [0.15, 0.2) is 0 Å². The number of carbonyl (C=O) groups excluding carboxylic acids is 2. The van der Waals surface area contributed by atoms with Crippen molar-refractivity contribution in [3.8, 4) is 0 Å². The molecule has 0 heterocycles. The minimum absolute atomic E-state index is 0.0993. The molecule has 3 N–H and O–H groups in total. The lowest BCUT2D eigenvalue weighted by Gasteiger charge is -2.10. The molecule has 36 heavy (non-hydrogen) atoms. The smallest absolute Gasteiger partial charge is 0.257 e. The summed E-state index contributed by atoms with van der Waals surface area (Å²) >= 11 is 0. The Bertz CT molecular complexity index is 1290. The van der Waals surface area contributed by atoms with E-state index in [0.29, 0.717) is 16.8 Å². The van der Waals surface area contributed by atoms with Crippen molar-refractivity contribution in [2.75, 3.05) is 22.5 Å². The second kappa shape index (κ2) is 13.9. The minimum atomic E-state index is -0.151. The fraction of sp³-hybridized carbons (Fsp3) is 0.100. The summed E-state index contributed by atoms with van der Waals surface area (Å²) in [4.78, 5) is 28.5. The molecule has 4 rings (SSSR count). The number of hydrogen-bond acceptors (Lipinski definition) is 4. The van der Waals surface area contributed by atoms with Gasteiger partial charge in [-0.05, 0) is 62.4 Å². The highest BCUT2D eigenvalue weighted by Gasteiger charge is 2.11. The Hall–Kier alpha value is -4.71. The van der Waals surface area contributed by atoms with Gasteiger partial charge in [0, 0.05) is 29.8 Å². The number of anilines is 3. The van der Waals surface area contributed by atoms with Crippen molar-refractivity contribution in [1.82, 2.24) is 0 Å². The molecule has 4 aromatic rings. The Balaban J connectivity index is 0.000000201. The van der Waals surface area contributed by atoms with Gasteiger partial charge in [-0.2, -0.15) is 0 Å². The third-order valence-corrected chi connectivity index (χ3v) is 5.02. The van der Waals surface area contributed by atoms with E-state index in [1.165, 1.54) is 0 Å². The molecule has 6 heteroatoms. The normalized spacial score (nSPS) is 10.2. The van der Waals surface area contributed by atoms with Crippen LogP contribution in [0.2, 0.25) is 0 Å². The molecule has 0 aliphatic carbocycles. The van der Waals surface area contributed by atoms with Crippen molar-refractivity contribution < 1.29 is 9.59 Å². The largest absolute Gasteiger partial charge is 0.385 e. The maximum atomic E-state index is 12.2. The van der Waals surface area contributed by atoms with Crippen molar-refractivity contribution in [3.63, 3.8) is 0 Å². The minimum Gasteiger partial charge on any atom is -0.385 e. The van der Waals surface area contributed by atoms with Gasteiger partial charge in [-0.1, -0.05) is 60.7 Å². The first-order valence-corrected chi connectivity index (χ1v) is 11.8. The Morgan fingerprint density at radius 1 is 0.667 bits per heavy atom. The molecule has 0 aliphatic heterocycles. The molecule has 0 aliphatic rings. The molecule has 0 radical (unpaired) electrons. The van der Waals surface area contributed by atoms with Gasteiger partial charge in [0.2, 0.25) is 0 Å². The summed E-state index contributed by atoms with van der Waals surface area (Å²) in [6.07, 6.45) is 1.68. The van der Waals surface area contributed by atoms with Crippen LogP contribution in [0.5, 0.6) is 0 Å². The molecule has 0 saturated heterocycles. The first kappa shape index (κ1) is 25.9. The van der Waals surface area contributed by atoms with Gasteiger partial charge in [-0.25, -0.2) is 0 Å². The number of aliphatic imine (C=N–C) groups is 1. The van der Waals surface area contributed by atoms with Crippen molar-refractivity contribution in [3.05, 3.63) is 120 Å². The van der Waals surface area contributed by atoms with E-state index in [2.05, 4.69) is 20.9 Å². The Morgan fingerprint density at radius 3 is 1.69 bits per heavy atom. The highest BCUT2D eigenvalue weighted by molar-refractivity contribution is 6.08. The fourth-order valence-electron chi connectivity index (χ4n) is 3.38. The number of amides is 2.